The van der Waals surface area contributed by atoms with Crippen molar-refractivity contribution in [2.24, 2.45) is 5.41 Å². The molecule has 1 unspecified atom stereocenters. The van der Waals surface area contributed by atoms with Crippen molar-refractivity contribution < 1.29 is 14.3 Å². The van der Waals surface area contributed by atoms with Crippen molar-refractivity contribution in [2.75, 3.05) is 11.5 Å². The van der Waals surface area contributed by atoms with Crippen molar-refractivity contribution in [3.8, 4) is 5.75 Å². The maximum absolute atomic E-state index is 13.5. The third kappa shape index (κ3) is 4.01. The monoisotopic (exact) mass is 437 g/mol. The van der Waals surface area contributed by atoms with Crippen LogP contribution in [0.2, 0.25) is 5.02 Å². The summed E-state index contributed by atoms with van der Waals surface area (Å²) in [6.45, 7) is 8.63. The second-order valence-electron chi connectivity index (χ2n) is 9.17. The number of carbonyl (C=O) groups is 2. The predicted octanol–water partition coefficient (Wildman–Crippen LogP) is 6.21. The number of benzene rings is 2. The summed E-state index contributed by atoms with van der Waals surface area (Å²) in [5.41, 5.74) is 3.96. The van der Waals surface area contributed by atoms with E-state index in [0.717, 1.165) is 33.8 Å². The Kier molecular flexibility index (Phi) is 5.69. The Bertz CT molecular complexity index is 1070. The number of nitrogens with zero attached hydrogens (tertiary/aromatic N) is 1. The largest absolute Gasteiger partial charge is 0.494 e. The highest BCUT2D eigenvalue weighted by Crippen LogP contribution is 2.49. The van der Waals surface area contributed by atoms with Crippen molar-refractivity contribution in [1.29, 1.82) is 0 Å². The molecule has 0 saturated carbocycles. The summed E-state index contributed by atoms with van der Waals surface area (Å²) in [4.78, 5) is 28.6. The first-order valence-electron chi connectivity index (χ1n) is 10.8. The number of allylic oxidation sites excluding steroid dienone is 2. The van der Waals surface area contributed by atoms with Gasteiger partial charge >= 0.3 is 0 Å². The standard InChI is InChI=1S/C26H28ClNO3/c1-5-31-18-11-9-17(10-12-18)19-13-24(30)28(21-8-6-7-20(27)16(21)2)22-14-26(3,4)15-23(29)25(19)22/h6-12,19H,5,13-15H2,1-4H3. The Morgan fingerprint density at radius 3 is 2.48 bits per heavy atom. The highest BCUT2D eigenvalue weighted by molar-refractivity contribution is 6.31. The smallest absolute Gasteiger partial charge is 0.232 e. The number of halogens is 1. The van der Waals surface area contributed by atoms with E-state index in [-0.39, 0.29) is 29.4 Å². The van der Waals surface area contributed by atoms with Crippen LogP contribution in [-0.4, -0.2) is 18.3 Å². The quantitative estimate of drug-likeness (QED) is 0.571. The fourth-order valence-electron chi connectivity index (χ4n) is 4.78. The second-order valence-corrected chi connectivity index (χ2v) is 9.58. The van der Waals surface area contributed by atoms with Crippen LogP contribution in [0.25, 0.3) is 0 Å². The molecule has 4 rings (SSSR count). The molecule has 0 bridgehead atoms. The van der Waals surface area contributed by atoms with Crippen LogP contribution in [0.3, 0.4) is 0 Å². The third-order valence-electron chi connectivity index (χ3n) is 6.22. The van der Waals surface area contributed by atoms with Gasteiger partial charge in [-0.3, -0.25) is 14.5 Å². The maximum Gasteiger partial charge on any atom is 0.232 e. The molecule has 0 aromatic heterocycles. The van der Waals surface area contributed by atoms with E-state index in [2.05, 4.69) is 13.8 Å². The van der Waals surface area contributed by atoms with Crippen LogP contribution in [0.5, 0.6) is 5.75 Å². The number of carbonyl (C=O) groups excluding carboxylic acids is 2. The zero-order valence-electron chi connectivity index (χ0n) is 18.5. The summed E-state index contributed by atoms with van der Waals surface area (Å²) in [5.74, 6) is 0.670. The van der Waals surface area contributed by atoms with Crippen molar-refractivity contribution in [3.05, 3.63) is 69.9 Å². The molecule has 1 atom stereocenters. The Morgan fingerprint density at radius 1 is 1.10 bits per heavy atom. The summed E-state index contributed by atoms with van der Waals surface area (Å²) >= 11 is 6.37. The maximum atomic E-state index is 13.5. The number of hydrogen-bond acceptors (Lipinski definition) is 3. The Hall–Kier alpha value is -2.59. The Labute approximate surface area is 188 Å². The molecule has 4 nitrogen and oxygen atoms in total. The number of hydrogen-bond donors (Lipinski definition) is 0. The van der Waals surface area contributed by atoms with E-state index in [1.165, 1.54) is 0 Å². The first-order chi connectivity index (χ1) is 14.7. The molecule has 2 aromatic carbocycles. The Morgan fingerprint density at radius 2 is 1.81 bits per heavy atom. The summed E-state index contributed by atoms with van der Waals surface area (Å²) in [7, 11) is 0. The minimum absolute atomic E-state index is 0.00602. The summed E-state index contributed by atoms with van der Waals surface area (Å²) in [5, 5.41) is 0.613. The van der Waals surface area contributed by atoms with Crippen LogP contribution in [-0.2, 0) is 9.59 Å². The zero-order chi connectivity index (χ0) is 22.3. The molecule has 0 fully saturated rings. The SMILES string of the molecule is CCOc1ccc(C2CC(=O)N(c3cccc(Cl)c3C)C3=C2C(=O)CC(C)(C)C3)cc1. The molecule has 1 aliphatic heterocycles. The number of amides is 1. The molecule has 2 aliphatic rings. The van der Waals surface area contributed by atoms with E-state index in [1.54, 1.807) is 4.90 Å². The molecule has 0 radical (unpaired) electrons. The van der Waals surface area contributed by atoms with Gasteiger partial charge in [0.2, 0.25) is 5.91 Å². The molecular weight excluding hydrogens is 410 g/mol. The molecule has 162 valence electrons. The van der Waals surface area contributed by atoms with Crippen LogP contribution in [0.4, 0.5) is 5.69 Å². The lowest BCUT2D eigenvalue weighted by atomic mass is 9.69. The number of Topliss-reactive ketones (excluding diaryl/α,β-unsaturated/α-hetero) is 1. The third-order valence-corrected chi connectivity index (χ3v) is 6.63. The molecular formula is C26H28ClNO3. The average Bonchev–Trinajstić information content (AvgIpc) is 2.70. The van der Waals surface area contributed by atoms with Crippen LogP contribution >= 0.6 is 11.6 Å². The van der Waals surface area contributed by atoms with Gasteiger partial charge in [0.1, 0.15) is 5.75 Å². The van der Waals surface area contributed by atoms with Crippen molar-refractivity contribution in [2.45, 2.75) is 52.9 Å². The van der Waals surface area contributed by atoms with Gasteiger partial charge in [-0.15, -0.1) is 0 Å². The van der Waals surface area contributed by atoms with E-state index in [1.807, 2.05) is 56.3 Å². The molecule has 1 heterocycles. The van der Waals surface area contributed by atoms with Gasteiger partial charge in [-0.25, -0.2) is 0 Å². The van der Waals surface area contributed by atoms with Crippen molar-refractivity contribution in [1.82, 2.24) is 0 Å². The highest BCUT2D eigenvalue weighted by atomic mass is 35.5. The number of anilines is 1. The van der Waals surface area contributed by atoms with Gasteiger partial charge < -0.3 is 4.74 Å². The molecule has 1 aliphatic carbocycles. The number of rotatable bonds is 4. The van der Waals surface area contributed by atoms with Gasteiger partial charge in [0.05, 0.1) is 12.3 Å². The lowest BCUT2D eigenvalue weighted by Crippen LogP contribution is -2.44. The van der Waals surface area contributed by atoms with Crippen LogP contribution in [0.1, 0.15) is 57.1 Å². The molecule has 2 aromatic rings. The van der Waals surface area contributed by atoms with E-state index in [4.69, 9.17) is 16.3 Å². The van der Waals surface area contributed by atoms with Gasteiger partial charge in [-0.1, -0.05) is 43.6 Å². The van der Waals surface area contributed by atoms with Crippen LogP contribution < -0.4 is 9.64 Å². The number of ketones is 1. The highest BCUT2D eigenvalue weighted by Gasteiger charge is 2.44. The van der Waals surface area contributed by atoms with Gasteiger partial charge in [-0.2, -0.15) is 0 Å². The fraction of sp³-hybridized carbons (Fsp3) is 0.385. The molecule has 0 saturated heterocycles. The van der Waals surface area contributed by atoms with Gasteiger partial charge in [0, 0.05) is 35.1 Å². The first-order valence-corrected chi connectivity index (χ1v) is 11.2. The van der Waals surface area contributed by atoms with Crippen molar-refractivity contribution >= 4 is 29.0 Å². The lowest BCUT2D eigenvalue weighted by molar-refractivity contribution is -0.121. The summed E-state index contributed by atoms with van der Waals surface area (Å²) < 4.78 is 5.56. The molecule has 5 heteroatoms. The fourth-order valence-corrected chi connectivity index (χ4v) is 4.95. The number of ether oxygens (including phenoxy) is 1. The summed E-state index contributed by atoms with van der Waals surface area (Å²) in [6.07, 6.45) is 1.40. The second kappa shape index (κ2) is 8.16. The van der Waals surface area contributed by atoms with E-state index < -0.39 is 0 Å². The molecule has 0 spiro atoms. The van der Waals surface area contributed by atoms with Gasteiger partial charge in [0.25, 0.3) is 0 Å². The molecule has 0 N–H and O–H groups in total. The minimum Gasteiger partial charge on any atom is -0.494 e. The topological polar surface area (TPSA) is 46.6 Å². The Balaban J connectivity index is 1.86. The van der Waals surface area contributed by atoms with Crippen molar-refractivity contribution in [3.63, 3.8) is 0 Å². The van der Waals surface area contributed by atoms with E-state index in [9.17, 15) is 9.59 Å². The van der Waals surface area contributed by atoms with Crippen LogP contribution in [0.15, 0.2) is 53.7 Å². The normalized spacial score (nSPS) is 20.7. The van der Waals surface area contributed by atoms with Gasteiger partial charge in [0.15, 0.2) is 5.78 Å². The average molecular weight is 438 g/mol. The summed E-state index contributed by atoms with van der Waals surface area (Å²) in [6, 6.07) is 13.4. The van der Waals surface area contributed by atoms with Crippen LogP contribution in [0, 0.1) is 12.3 Å². The zero-order valence-corrected chi connectivity index (χ0v) is 19.3. The minimum atomic E-state index is -0.238. The molecule has 31 heavy (non-hydrogen) atoms. The first kappa shape index (κ1) is 21.6. The van der Waals surface area contributed by atoms with Gasteiger partial charge in [-0.05, 0) is 61.1 Å². The van der Waals surface area contributed by atoms with E-state index in [0.29, 0.717) is 24.5 Å². The van der Waals surface area contributed by atoms with E-state index >= 15 is 0 Å². The lowest BCUT2D eigenvalue weighted by Gasteiger charge is -2.43. The molecule has 1 amide bonds. The predicted molar refractivity (Wildman–Crippen MR) is 124 cm³/mol.